The van der Waals surface area contributed by atoms with Crippen LogP contribution in [0.2, 0.25) is 0 Å². The molecule has 0 aliphatic heterocycles. The first kappa shape index (κ1) is 15.3. The Morgan fingerprint density at radius 1 is 1.00 bits per heavy atom. The van der Waals surface area contributed by atoms with Crippen LogP contribution in [0.5, 0.6) is 0 Å². The zero-order valence-electron chi connectivity index (χ0n) is 12.6. The van der Waals surface area contributed by atoms with Crippen molar-refractivity contribution >= 4 is 0 Å². The fourth-order valence-electron chi connectivity index (χ4n) is 3.42. The third-order valence-electron chi connectivity index (χ3n) is 5.21. The lowest BCUT2D eigenvalue weighted by Gasteiger charge is -2.41. The molecule has 3 nitrogen and oxygen atoms in total. The van der Waals surface area contributed by atoms with Gasteiger partial charge in [0, 0.05) is 12.6 Å². The summed E-state index contributed by atoms with van der Waals surface area (Å²) >= 11 is 0. The summed E-state index contributed by atoms with van der Waals surface area (Å²) in [5.74, 6) is 0. The number of hydrogen-bond donors (Lipinski definition) is 3. The Balaban J connectivity index is 1.81. The van der Waals surface area contributed by atoms with Crippen LogP contribution in [0.1, 0.15) is 71.6 Å². The smallest absolute Gasteiger partial charge is 0.0772 e. The second kappa shape index (κ2) is 6.11. The van der Waals surface area contributed by atoms with Crippen molar-refractivity contribution in [1.82, 2.24) is 5.32 Å². The van der Waals surface area contributed by atoms with Crippen LogP contribution < -0.4 is 5.32 Å². The van der Waals surface area contributed by atoms with Crippen LogP contribution in [0.3, 0.4) is 0 Å². The molecular weight excluding hydrogens is 238 g/mol. The van der Waals surface area contributed by atoms with Crippen molar-refractivity contribution in [2.45, 2.75) is 89.4 Å². The topological polar surface area (TPSA) is 52.5 Å². The molecule has 112 valence electrons. The Morgan fingerprint density at radius 3 is 2.32 bits per heavy atom. The van der Waals surface area contributed by atoms with Gasteiger partial charge in [-0.1, -0.05) is 33.1 Å². The van der Waals surface area contributed by atoms with Gasteiger partial charge < -0.3 is 15.5 Å². The first-order chi connectivity index (χ1) is 8.90. The molecular formula is C16H31NO2. The molecule has 0 bridgehead atoms. The number of nitrogens with one attached hydrogen (secondary N) is 1. The maximum Gasteiger partial charge on any atom is 0.0772 e. The van der Waals surface area contributed by atoms with E-state index in [1.165, 1.54) is 12.8 Å². The second-order valence-electron chi connectivity index (χ2n) is 7.58. The normalized spacial score (nSPS) is 34.7. The Bertz CT molecular complexity index is 280. The van der Waals surface area contributed by atoms with Gasteiger partial charge in [-0.2, -0.15) is 0 Å². The standard InChI is InChI=1S/C16H31NO2/c1-15(2)8-10-16(19,11-9-15)12-17-13-6-4-3-5-7-14(13)18/h13-14,17-19H,3-12H2,1-2H3. The summed E-state index contributed by atoms with van der Waals surface area (Å²) in [7, 11) is 0. The van der Waals surface area contributed by atoms with E-state index in [1.54, 1.807) is 0 Å². The predicted molar refractivity (Wildman–Crippen MR) is 78.1 cm³/mol. The highest BCUT2D eigenvalue weighted by Gasteiger charge is 2.37. The molecule has 0 amide bonds. The zero-order chi connectivity index (χ0) is 13.9. The number of rotatable bonds is 3. The average Bonchev–Trinajstić information content (AvgIpc) is 2.56. The molecule has 0 heterocycles. The van der Waals surface area contributed by atoms with E-state index in [1.807, 2.05) is 0 Å². The minimum Gasteiger partial charge on any atom is -0.392 e. The Morgan fingerprint density at radius 2 is 1.63 bits per heavy atom. The van der Waals surface area contributed by atoms with E-state index in [9.17, 15) is 10.2 Å². The summed E-state index contributed by atoms with van der Waals surface area (Å²) in [5.41, 5.74) is -0.171. The fraction of sp³-hybridized carbons (Fsp3) is 1.00. The van der Waals surface area contributed by atoms with E-state index in [0.29, 0.717) is 12.0 Å². The van der Waals surface area contributed by atoms with Crippen LogP contribution in [0.15, 0.2) is 0 Å². The van der Waals surface area contributed by atoms with Gasteiger partial charge in [0.2, 0.25) is 0 Å². The molecule has 3 N–H and O–H groups in total. The van der Waals surface area contributed by atoms with Gasteiger partial charge in [0.1, 0.15) is 0 Å². The van der Waals surface area contributed by atoms with Crippen molar-refractivity contribution in [2.75, 3.05) is 6.54 Å². The molecule has 2 atom stereocenters. The molecule has 3 heteroatoms. The highest BCUT2D eigenvalue weighted by molar-refractivity contribution is 4.92. The third kappa shape index (κ3) is 4.44. The number of aliphatic hydroxyl groups excluding tert-OH is 1. The molecule has 2 aliphatic carbocycles. The van der Waals surface area contributed by atoms with Crippen molar-refractivity contribution in [1.29, 1.82) is 0 Å². The zero-order valence-corrected chi connectivity index (χ0v) is 12.6. The quantitative estimate of drug-likeness (QED) is 0.690. The maximum absolute atomic E-state index is 10.6. The van der Waals surface area contributed by atoms with E-state index in [0.717, 1.165) is 44.9 Å². The Hall–Kier alpha value is -0.120. The molecule has 2 saturated carbocycles. The monoisotopic (exact) mass is 269 g/mol. The van der Waals surface area contributed by atoms with Crippen LogP contribution in [0.25, 0.3) is 0 Å². The van der Waals surface area contributed by atoms with Gasteiger partial charge in [-0.25, -0.2) is 0 Å². The Labute approximate surface area is 117 Å². The van der Waals surface area contributed by atoms with Crippen LogP contribution in [-0.2, 0) is 0 Å². The van der Waals surface area contributed by atoms with E-state index in [2.05, 4.69) is 19.2 Å². The van der Waals surface area contributed by atoms with Crippen molar-refractivity contribution < 1.29 is 10.2 Å². The van der Waals surface area contributed by atoms with Crippen molar-refractivity contribution in [2.24, 2.45) is 5.41 Å². The van der Waals surface area contributed by atoms with Gasteiger partial charge >= 0.3 is 0 Å². The third-order valence-corrected chi connectivity index (χ3v) is 5.21. The lowest BCUT2D eigenvalue weighted by atomic mass is 9.71. The first-order valence-corrected chi connectivity index (χ1v) is 8.04. The molecule has 0 spiro atoms. The largest absolute Gasteiger partial charge is 0.392 e. The summed E-state index contributed by atoms with van der Waals surface area (Å²) in [5, 5.41) is 24.2. The van der Waals surface area contributed by atoms with Gasteiger partial charge in [0.15, 0.2) is 0 Å². The van der Waals surface area contributed by atoms with Crippen LogP contribution in [0, 0.1) is 5.41 Å². The number of aliphatic hydroxyl groups is 2. The molecule has 0 aromatic heterocycles. The maximum atomic E-state index is 10.6. The van der Waals surface area contributed by atoms with Crippen LogP contribution in [0.4, 0.5) is 0 Å². The van der Waals surface area contributed by atoms with E-state index >= 15 is 0 Å². The SMILES string of the molecule is CC1(C)CCC(O)(CNC2CCCCCC2O)CC1. The molecule has 2 unspecified atom stereocenters. The molecule has 0 aromatic carbocycles. The summed E-state index contributed by atoms with van der Waals surface area (Å²) in [6.45, 7) is 5.22. The lowest BCUT2D eigenvalue weighted by Crippen LogP contribution is -2.50. The van der Waals surface area contributed by atoms with Crippen LogP contribution >= 0.6 is 0 Å². The molecule has 19 heavy (non-hydrogen) atoms. The van der Waals surface area contributed by atoms with Gasteiger partial charge in [0.25, 0.3) is 0 Å². The molecule has 2 aliphatic rings. The fourth-order valence-corrected chi connectivity index (χ4v) is 3.42. The van der Waals surface area contributed by atoms with Gasteiger partial charge in [-0.05, 0) is 43.9 Å². The molecule has 2 fully saturated rings. The van der Waals surface area contributed by atoms with Gasteiger partial charge in [-0.15, -0.1) is 0 Å². The molecule has 0 radical (unpaired) electrons. The number of hydrogen-bond acceptors (Lipinski definition) is 3. The summed E-state index contributed by atoms with van der Waals surface area (Å²) in [4.78, 5) is 0. The molecule has 0 aromatic rings. The minimum atomic E-state index is -0.554. The van der Waals surface area contributed by atoms with E-state index < -0.39 is 5.60 Å². The average molecular weight is 269 g/mol. The minimum absolute atomic E-state index is 0.182. The van der Waals surface area contributed by atoms with Crippen LogP contribution in [-0.4, -0.2) is 34.5 Å². The lowest BCUT2D eigenvalue weighted by molar-refractivity contribution is -0.0297. The van der Waals surface area contributed by atoms with Crippen molar-refractivity contribution in [3.8, 4) is 0 Å². The highest BCUT2D eigenvalue weighted by atomic mass is 16.3. The molecule has 0 saturated heterocycles. The van der Waals surface area contributed by atoms with E-state index in [4.69, 9.17) is 0 Å². The van der Waals surface area contributed by atoms with Gasteiger partial charge in [-0.3, -0.25) is 0 Å². The van der Waals surface area contributed by atoms with Gasteiger partial charge in [0.05, 0.1) is 11.7 Å². The first-order valence-electron chi connectivity index (χ1n) is 8.04. The van der Waals surface area contributed by atoms with Crippen molar-refractivity contribution in [3.05, 3.63) is 0 Å². The van der Waals surface area contributed by atoms with E-state index in [-0.39, 0.29) is 12.1 Å². The summed E-state index contributed by atoms with van der Waals surface area (Å²) < 4.78 is 0. The second-order valence-corrected chi connectivity index (χ2v) is 7.58. The molecule has 2 rings (SSSR count). The summed E-state index contributed by atoms with van der Waals surface area (Å²) in [6.07, 6.45) is 9.24. The Kier molecular flexibility index (Phi) is 4.91. The van der Waals surface area contributed by atoms with Crippen molar-refractivity contribution in [3.63, 3.8) is 0 Å². The highest BCUT2D eigenvalue weighted by Crippen LogP contribution is 2.39. The predicted octanol–water partition coefficient (Wildman–Crippen LogP) is 2.60. The summed E-state index contributed by atoms with van der Waals surface area (Å²) in [6, 6.07) is 0.182.